The van der Waals surface area contributed by atoms with Crippen molar-refractivity contribution in [1.29, 1.82) is 0 Å². The molecule has 1 aliphatic rings. The van der Waals surface area contributed by atoms with Gasteiger partial charge in [0.1, 0.15) is 0 Å². The molecule has 0 fully saturated rings. The van der Waals surface area contributed by atoms with E-state index in [-0.39, 0.29) is 24.1 Å². The van der Waals surface area contributed by atoms with Gasteiger partial charge in [0.2, 0.25) is 0 Å². The van der Waals surface area contributed by atoms with Crippen LogP contribution in [0.5, 0.6) is 0 Å². The topological polar surface area (TPSA) is 57.5 Å². The largest absolute Gasteiger partial charge is 0.512 e. The molecule has 1 rings (SSSR count). The van der Waals surface area contributed by atoms with Crippen LogP contribution in [0, 0.1) is 5.92 Å². The molecule has 0 radical (unpaired) electrons. The van der Waals surface area contributed by atoms with Crippen molar-refractivity contribution < 1.29 is 15.0 Å². The highest BCUT2D eigenvalue weighted by atomic mass is 16.3. The Morgan fingerprint density at radius 1 is 1.40 bits per heavy atom. The van der Waals surface area contributed by atoms with Gasteiger partial charge >= 0.3 is 0 Å². The zero-order valence-electron chi connectivity index (χ0n) is 9.07. The molecule has 0 aromatic carbocycles. The molecule has 3 heteroatoms. The maximum Gasteiger partial charge on any atom is 0.165 e. The fourth-order valence-corrected chi connectivity index (χ4v) is 1.77. The van der Waals surface area contributed by atoms with Gasteiger partial charge in [0.05, 0.1) is 5.76 Å². The molecule has 0 saturated heterocycles. The molecule has 2 N–H and O–H groups in total. The highest BCUT2D eigenvalue weighted by molar-refractivity contribution is 5.99. The number of hydrogen-bond acceptors (Lipinski definition) is 3. The van der Waals surface area contributed by atoms with Crippen molar-refractivity contribution in [1.82, 2.24) is 0 Å². The van der Waals surface area contributed by atoms with Gasteiger partial charge in [-0.25, -0.2) is 0 Å². The number of rotatable bonds is 5. The minimum Gasteiger partial charge on any atom is -0.512 e. The fraction of sp³-hybridized carbons (Fsp3) is 0.583. The lowest BCUT2D eigenvalue weighted by molar-refractivity contribution is -0.118. The first-order valence-corrected chi connectivity index (χ1v) is 5.35. The van der Waals surface area contributed by atoms with E-state index < -0.39 is 0 Å². The number of Topliss-reactive ketones (excluding diaryl/α,β-unsaturated/α-hetero) is 1. The standard InChI is InChI=1S/C12H18O3/c1-9-11(14)8-10(12(9)15)6-4-2-3-5-7-13/h2-3,10,13-14H,4-8H2,1H3. The first-order valence-electron chi connectivity index (χ1n) is 5.35. The van der Waals surface area contributed by atoms with E-state index in [0.717, 1.165) is 12.8 Å². The highest BCUT2D eigenvalue weighted by Crippen LogP contribution is 2.29. The second-order valence-corrected chi connectivity index (χ2v) is 3.90. The van der Waals surface area contributed by atoms with Crippen LogP contribution in [0.2, 0.25) is 0 Å². The third-order valence-electron chi connectivity index (χ3n) is 2.76. The molecule has 0 aliphatic heterocycles. The summed E-state index contributed by atoms with van der Waals surface area (Å²) in [5, 5.41) is 17.9. The van der Waals surface area contributed by atoms with Crippen molar-refractivity contribution in [3.8, 4) is 0 Å². The third-order valence-corrected chi connectivity index (χ3v) is 2.76. The lowest BCUT2D eigenvalue weighted by Crippen LogP contribution is -2.08. The smallest absolute Gasteiger partial charge is 0.165 e. The van der Waals surface area contributed by atoms with Gasteiger partial charge in [-0.15, -0.1) is 0 Å². The Bertz CT molecular complexity index is 289. The van der Waals surface area contributed by atoms with Crippen molar-refractivity contribution in [3.05, 3.63) is 23.5 Å². The van der Waals surface area contributed by atoms with Gasteiger partial charge in [0.25, 0.3) is 0 Å². The van der Waals surface area contributed by atoms with E-state index in [0.29, 0.717) is 18.4 Å². The second-order valence-electron chi connectivity index (χ2n) is 3.90. The molecule has 1 aliphatic carbocycles. The van der Waals surface area contributed by atoms with Crippen LogP contribution in [0.3, 0.4) is 0 Å². The van der Waals surface area contributed by atoms with E-state index >= 15 is 0 Å². The second kappa shape index (κ2) is 5.71. The minimum atomic E-state index is -0.0382. The summed E-state index contributed by atoms with van der Waals surface area (Å²) in [5.41, 5.74) is 0.527. The Labute approximate surface area is 90.1 Å². The van der Waals surface area contributed by atoms with E-state index in [4.69, 9.17) is 5.11 Å². The summed E-state index contributed by atoms with van der Waals surface area (Å²) in [6.45, 7) is 1.85. The van der Waals surface area contributed by atoms with E-state index in [1.54, 1.807) is 6.92 Å². The van der Waals surface area contributed by atoms with Crippen LogP contribution >= 0.6 is 0 Å². The molecule has 3 nitrogen and oxygen atoms in total. The SMILES string of the molecule is CC1=C(O)CC(CCC=CCCO)C1=O. The van der Waals surface area contributed by atoms with Crippen LogP contribution in [-0.4, -0.2) is 22.6 Å². The number of aliphatic hydroxyl groups is 2. The Kier molecular flexibility index (Phi) is 4.56. The van der Waals surface area contributed by atoms with Crippen LogP contribution in [-0.2, 0) is 4.79 Å². The fourth-order valence-electron chi connectivity index (χ4n) is 1.77. The summed E-state index contributed by atoms with van der Waals surface area (Å²) in [5.74, 6) is 0.302. The number of carbonyl (C=O) groups excluding carboxylic acids is 1. The molecule has 84 valence electrons. The van der Waals surface area contributed by atoms with E-state index in [2.05, 4.69) is 0 Å². The molecule has 0 aromatic rings. The molecule has 0 saturated carbocycles. The highest BCUT2D eigenvalue weighted by Gasteiger charge is 2.29. The van der Waals surface area contributed by atoms with Gasteiger partial charge in [0.15, 0.2) is 5.78 Å². The van der Waals surface area contributed by atoms with Gasteiger partial charge in [0, 0.05) is 24.5 Å². The summed E-state index contributed by atoms with van der Waals surface area (Å²) < 4.78 is 0. The Hall–Kier alpha value is -1.09. The lowest BCUT2D eigenvalue weighted by atomic mass is 9.98. The molecule has 1 atom stereocenters. The summed E-state index contributed by atoms with van der Waals surface area (Å²) in [6, 6.07) is 0. The Morgan fingerprint density at radius 3 is 2.60 bits per heavy atom. The average molecular weight is 210 g/mol. The number of ketones is 1. The molecule has 0 bridgehead atoms. The van der Waals surface area contributed by atoms with Gasteiger partial charge in [-0.1, -0.05) is 12.2 Å². The monoisotopic (exact) mass is 210 g/mol. The van der Waals surface area contributed by atoms with Gasteiger partial charge in [-0.05, 0) is 26.2 Å². The van der Waals surface area contributed by atoms with Crippen LogP contribution in [0.1, 0.15) is 32.6 Å². The zero-order valence-corrected chi connectivity index (χ0v) is 9.07. The van der Waals surface area contributed by atoms with Crippen molar-refractivity contribution in [3.63, 3.8) is 0 Å². The van der Waals surface area contributed by atoms with Crippen molar-refractivity contribution >= 4 is 5.78 Å². The van der Waals surface area contributed by atoms with Gasteiger partial charge < -0.3 is 10.2 Å². The summed E-state index contributed by atoms with van der Waals surface area (Å²) in [7, 11) is 0. The number of carbonyl (C=O) groups is 1. The summed E-state index contributed by atoms with van der Waals surface area (Å²) in [4.78, 5) is 11.6. The summed E-state index contributed by atoms with van der Waals surface area (Å²) >= 11 is 0. The average Bonchev–Trinajstić information content (AvgIpc) is 2.46. The molecule has 15 heavy (non-hydrogen) atoms. The number of aliphatic hydroxyl groups excluding tert-OH is 2. The summed E-state index contributed by atoms with van der Waals surface area (Å²) in [6.07, 6.45) is 6.67. The molecule has 1 unspecified atom stereocenters. The maximum absolute atomic E-state index is 11.6. The van der Waals surface area contributed by atoms with Gasteiger partial charge in [-0.2, -0.15) is 0 Å². The number of hydrogen-bond donors (Lipinski definition) is 2. The molecule has 0 spiro atoms. The quantitative estimate of drug-likeness (QED) is 0.683. The Morgan fingerprint density at radius 2 is 2.07 bits per heavy atom. The molecule has 0 aromatic heterocycles. The number of allylic oxidation sites excluding steroid dienone is 3. The first-order chi connectivity index (χ1) is 7.16. The third kappa shape index (κ3) is 3.20. The van der Waals surface area contributed by atoms with Gasteiger partial charge in [-0.3, -0.25) is 4.79 Å². The van der Waals surface area contributed by atoms with Crippen molar-refractivity contribution in [2.75, 3.05) is 6.61 Å². The van der Waals surface area contributed by atoms with Crippen molar-refractivity contribution in [2.24, 2.45) is 5.92 Å². The normalized spacial score (nSPS) is 22.0. The molecule has 0 heterocycles. The van der Waals surface area contributed by atoms with Crippen LogP contribution in [0.4, 0.5) is 0 Å². The molecule has 0 amide bonds. The Balaban J connectivity index is 2.28. The lowest BCUT2D eigenvalue weighted by Gasteiger charge is -2.05. The van der Waals surface area contributed by atoms with E-state index in [1.807, 2.05) is 12.2 Å². The minimum absolute atomic E-state index is 0.0382. The predicted octanol–water partition coefficient (Wildman–Crippen LogP) is 2.13. The van der Waals surface area contributed by atoms with E-state index in [1.165, 1.54) is 0 Å². The zero-order chi connectivity index (χ0) is 11.3. The molecular weight excluding hydrogens is 192 g/mol. The first kappa shape index (κ1) is 12.0. The maximum atomic E-state index is 11.6. The van der Waals surface area contributed by atoms with E-state index in [9.17, 15) is 9.90 Å². The van der Waals surface area contributed by atoms with Crippen LogP contribution in [0.25, 0.3) is 0 Å². The van der Waals surface area contributed by atoms with Crippen molar-refractivity contribution in [2.45, 2.75) is 32.6 Å². The predicted molar refractivity (Wildman–Crippen MR) is 58.5 cm³/mol. The molecular formula is C12H18O3. The van der Waals surface area contributed by atoms with Crippen LogP contribution < -0.4 is 0 Å². The van der Waals surface area contributed by atoms with Crippen LogP contribution in [0.15, 0.2) is 23.5 Å².